The Morgan fingerprint density at radius 2 is 1.85 bits per heavy atom. The molecule has 0 aromatic heterocycles. The van der Waals surface area contributed by atoms with E-state index in [0.717, 1.165) is 18.4 Å². The molecule has 3 rings (SSSR count). The van der Waals surface area contributed by atoms with Crippen molar-refractivity contribution in [2.45, 2.75) is 31.9 Å². The number of likely N-dealkylation sites (tertiary alicyclic amines) is 1. The van der Waals surface area contributed by atoms with Gasteiger partial charge in [-0.25, -0.2) is 4.39 Å². The first-order valence-corrected chi connectivity index (χ1v) is 8.98. The highest BCUT2D eigenvalue weighted by Gasteiger charge is 2.34. The third-order valence-corrected chi connectivity index (χ3v) is 4.82. The second kappa shape index (κ2) is 8.29. The highest BCUT2D eigenvalue weighted by atomic mass is 19.1. The summed E-state index contributed by atoms with van der Waals surface area (Å²) in [4.78, 5) is 14.7. The number of carbonyl (C=O) groups excluding carboxylic acids is 1. The maximum absolute atomic E-state index is 13.8. The predicted octanol–water partition coefficient (Wildman–Crippen LogP) is 3.97. The molecule has 1 aliphatic heterocycles. The van der Waals surface area contributed by atoms with Gasteiger partial charge >= 0.3 is 0 Å². The highest BCUT2D eigenvalue weighted by Crippen LogP contribution is 2.37. The molecule has 2 atom stereocenters. The van der Waals surface area contributed by atoms with Crippen LogP contribution in [0.15, 0.2) is 42.5 Å². The van der Waals surface area contributed by atoms with Crippen LogP contribution in [0.2, 0.25) is 0 Å². The minimum Gasteiger partial charge on any atom is -0.493 e. The summed E-state index contributed by atoms with van der Waals surface area (Å²) in [7, 11) is 3.17. The van der Waals surface area contributed by atoms with Crippen molar-refractivity contribution in [2.24, 2.45) is 0 Å². The van der Waals surface area contributed by atoms with E-state index in [4.69, 9.17) is 14.2 Å². The number of hydrogen-bond acceptors (Lipinski definition) is 4. The Labute approximate surface area is 158 Å². The van der Waals surface area contributed by atoms with E-state index < -0.39 is 11.9 Å². The molecule has 2 aromatic carbocycles. The van der Waals surface area contributed by atoms with E-state index in [9.17, 15) is 9.18 Å². The van der Waals surface area contributed by atoms with E-state index in [1.54, 1.807) is 38.2 Å². The summed E-state index contributed by atoms with van der Waals surface area (Å²) < 4.78 is 30.0. The predicted molar refractivity (Wildman–Crippen MR) is 99.7 cm³/mol. The zero-order valence-corrected chi connectivity index (χ0v) is 15.8. The maximum atomic E-state index is 13.8. The van der Waals surface area contributed by atoms with Gasteiger partial charge in [-0.3, -0.25) is 4.79 Å². The summed E-state index contributed by atoms with van der Waals surface area (Å²) >= 11 is 0. The van der Waals surface area contributed by atoms with E-state index in [-0.39, 0.29) is 17.7 Å². The van der Waals surface area contributed by atoms with Crippen LogP contribution in [0.3, 0.4) is 0 Å². The number of para-hydroxylation sites is 1. The summed E-state index contributed by atoms with van der Waals surface area (Å²) in [5.74, 6) is 0.726. The van der Waals surface area contributed by atoms with Crippen molar-refractivity contribution in [3.8, 4) is 17.2 Å². The number of carbonyl (C=O) groups is 1. The molecular formula is C21H24FNO4. The lowest BCUT2D eigenvalue weighted by molar-refractivity contribution is -0.139. The average molecular weight is 373 g/mol. The first-order chi connectivity index (χ1) is 13.0. The standard InChI is InChI=1S/C21H24FNO4/c1-14(27-18-9-5-4-7-16(18)22)21(24)23-12-6-8-17(23)15-10-11-19(25-2)20(13-15)26-3/h4-5,7,9-11,13-14,17H,6,8,12H2,1-3H3. The molecular weight excluding hydrogens is 349 g/mol. The summed E-state index contributed by atoms with van der Waals surface area (Å²) in [6.45, 7) is 2.29. The fourth-order valence-electron chi connectivity index (χ4n) is 3.45. The molecule has 0 radical (unpaired) electrons. The normalized spacial score (nSPS) is 17.5. The largest absolute Gasteiger partial charge is 0.493 e. The van der Waals surface area contributed by atoms with Gasteiger partial charge in [-0.1, -0.05) is 18.2 Å². The second-order valence-corrected chi connectivity index (χ2v) is 6.49. The van der Waals surface area contributed by atoms with Gasteiger partial charge in [-0.2, -0.15) is 0 Å². The number of halogens is 1. The first kappa shape index (κ1) is 19.0. The van der Waals surface area contributed by atoms with Gasteiger partial charge in [0.05, 0.1) is 20.3 Å². The van der Waals surface area contributed by atoms with Crippen molar-refractivity contribution in [1.29, 1.82) is 0 Å². The molecule has 1 aliphatic rings. The Hall–Kier alpha value is -2.76. The van der Waals surface area contributed by atoms with Crippen LogP contribution in [0.5, 0.6) is 17.2 Å². The number of hydrogen-bond donors (Lipinski definition) is 0. The quantitative estimate of drug-likeness (QED) is 0.769. The summed E-state index contributed by atoms with van der Waals surface area (Å²) in [5, 5.41) is 0. The van der Waals surface area contributed by atoms with Gasteiger partial charge in [0, 0.05) is 6.54 Å². The average Bonchev–Trinajstić information content (AvgIpc) is 3.18. The fourth-order valence-corrected chi connectivity index (χ4v) is 3.45. The lowest BCUT2D eigenvalue weighted by Gasteiger charge is -2.28. The number of ether oxygens (including phenoxy) is 3. The number of nitrogens with zero attached hydrogens (tertiary/aromatic N) is 1. The van der Waals surface area contributed by atoms with Crippen molar-refractivity contribution in [3.63, 3.8) is 0 Å². The SMILES string of the molecule is COc1ccc(C2CCCN2C(=O)C(C)Oc2ccccc2F)cc1OC. The van der Waals surface area contributed by atoms with Gasteiger partial charge in [-0.15, -0.1) is 0 Å². The van der Waals surface area contributed by atoms with Gasteiger partial charge < -0.3 is 19.1 Å². The lowest BCUT2D eigenvalue weighted by Crippen LogP contribution is -2.40. The van der Waals surface area contributed by atoms with E-state index in [1.165, 1.54) is 12.1 Å². The van der Waals surface area contributed by atoms with Gasteiger partial charge in [-0.05, 0) is 49.6 Å². The molecule has 1 heterocycles. The molecule has 6 heteroatoms. The van der Waals surface area contributed by atoms with E-state index in [2.05, 4.69) is 0 Å². The number of benzene rings is 2. The fraction of sp³-hybridized carbons (Fsp3) is 0.381. The minimum atomic E-state index is -0.775. The van der Waals surface area contributed by atoms with Crippen LogP contribution in [0.25, 0.3) is 0 Å². The summed E-state index contributed by atoms with van der Waals surface area (Å²) in [6.07, 6.45) is 0.979. The molecule has 144 valence electrons. The zero-order chi connectivity index (χ0) is 19.4. The van der Waals surface area contributed by atoms with Gasteiger partial charge in [0.15, 0.2) is 29.2 Å². The van der Waals surface area contributed by atoms with Crippen LogP contribution in [0.4, 0.5) is 4.39 Å². The molecule has 2 unspecified atom stereocenters. The van der Waals surface area contributed by atoms with Crippen molar-refractivity contribution >= 4 is 5.91 Å². The molecule has 1 amide bonds. The van der Waals surface area contributed by atoms with Crippen molar-refractivity contribution in [1.82, 2.24) is 4.90 Å². The van der Waals surface area contributed by atoms with Gasteiger partial charge in [0.1, 0.15) is 0 Å². The molecule has 0 bridgehead atoms. The van der Waals surface area contributed by atoms with E-state index in [1.807, 2.05) is 18.2 Å². The minimum absolute atomic E-state index is 0.0658. The molecule has 2 aromatic rings. The molecule has 0 N–H and O–H groups in total. The Balaban J connectivity index is 1.77. The zero-order valence-electron chi connectivity index (χ0n) is 15.8. The molecule has 1 fully saturated rings. The van der Waals surface area contributed by atoms with Crippen LogP contribution >= 0.6 is 0 Å². The molecule has 0 saturated carbocycles. The lowest BCUT2D eigenvalue weighted by atomic mass is 10.0. The Morgan fingerprint density at radius 3 is 2.56 bits per heavy atom. The van der Waals surface area contributed by atoms with Crippen LogP contribution in [-0.2, 0) is 4.79 Å². The summed E-state index contributed by atoms with van der Waals surface area (Å²) in [5.41, 5.74) is 0.983. The highest BCUT2D eigenvalue weighted by molar-refractivity contribution is 5.81. The van der Waals surface area contributed by atoms with Crippen molar-refractivity contribution in [2.75, 3.05) is 20.8 Å². The molecule has 0 spiro atoms. The second-order valence-electron chi connectivity index (χ2n) is 6.49. The Kier molecular flexibility index (Phi) is 5.84. The van der Waals surface area contributed by atoms with Crippen LogP contribution in [-0.4, -0.2) is 37.7 Å². The van der Waals surface area contributed by atoms with Gasteiger partial charge in [0.25, 0.3) is 5.91 Å². The topological polar surface area (TPSA) is 48.0 Å². The van der Waals surface area contributed by atoms with Crippen LogP contribution in [0, 0.1) is 5.82 Å². The summed E-state index contributed by atoms with van der Waals surface area (Å²) in [6, 6.07) is 11.7. The maximum Gasteiger partial charge on any atom is 0.263 e. The van der Waals surface area contributed by atoms with Crippen molar-refractivity contribution < 1.29 is 23.4 Å². The first-order valence-electron chi connectivity index (χ1n) is 8.98. The van der Waals surface area contributed by atoms with Crippen molar-refractivity contribution in [3.05, 3.63) is 53.8 Å². The van der Waals surface area contributed by atoms with Crippen LogP contribution in [0.1, 0.15) is 31.4 Å². The molecule has 27 heavy (non-hydrogen) atoms. The van der Waals surface area contributed by atoms with Gasteiger partial charge in [0.2, 0.25) is 0 Å². The van der Waals surface area contributed by atoms with Crippen LogP contribution < -0.4 is 14.2 Å². The number of rotatable bonds is 6. The Morgan fingerprint density at radius 1 is 1.11 bits per heavy atom. The number of amides is 1. The smallest absolute Gasteiger partial charge is 0.263 e. The van der Waals surface area contributed by atoms with E-state index >= 15 is 0 Å². The van der Waals surface area contributed by atoms with E-state index in [0.29, 0.717) is 18.0 Å². The molecule has 5 nitrogen and oxygen atoms in total. The Bertz CT molecular complexity index is 811. The third kappa shape index (κ3) is 3.99. The third-order valence-electron chi connectivity index (χ3n) is 4.82. The molecule has 0 aliphatic carbocycles. The number of methoxy groups -OCH3 is 2. The monoisotopic (exact) mass is 373 g/mol. The molecule has 1 saturated heterocycles.